The molecule has 32 heavy (non-hydrogen) atoms. The van der Waals surface area contributed by atoms with Crippen molar-refractivity contribution < 1.29 is 14.0 Å². The molecule has 1 aliphatic rings. The van der Waals surface area contributed by atoms with Gasteiger partial charge in [0.1, 0.15) is 10.8 Å². The first-order valence-corrected chi connectivity index (χ1v) is 11.3. The van der Waals surface area contributed by atoms with E-state index in [1.54, 1.807) is 23.1 Å². The predicted octanol–water partition coefficient (Wildman–Crippen LogP) is 5.30. The van der Waals surface area contributed by atoms with Gasteiger partial charge in [0.2, 0.25) is 5.01 Å². The van der Waals surface area contributed by atoms with E-state index in [1.165, 1.54) is 29.5 Å². The van der Waals surface area contributed by atoms with Crippen LogP contribution in [0.15, 0.2) is 42.5 Å². The maximum atomic E-state index is 13.3. The van der Waals surface area contributed by atoms with Gasteiger partial charge in [0.05, 0.1) is 10.7 Å². The summed E-state index contributed by atoms with van der Waals surface area (Å²) >= 11 is 7.43. The normalized spacial score (nSPS) is 14.3. The SMILES string of the molecule is Cc1ccc(NC(=O)N2CCC(c3nnc(C(=O)Nc4cccc(F)c4)s3)CC2)c(Cl)c1. The summed E-state index contributed by atoms with van der Waals surface area (Å²) in [6.07, 6.45) is 1.43. The zero-order valence-electron chi connectivity index (χ0n) is 17.3. The van der Waals surface area contributed by atoms with E-state index in [4.69, 9.17) is 11.6 Å². The van der Waals surface area contributed by atoms with Gasteiger partial charge in [0, 0.05) is 24.7 Å². The number of anilines is 2. The Morgan fingerprint density at radius 2 is 1.91 bits per heavy atom. The molecule has 7 nitrogen and oxygen atoms in total. The Labute approximate surface area is 193 Å². The first-order chi connectivity index (χ1) is 15.4. The van der Waals surface area contributed by atoms with Gasteiger partial charge >= 0.3 is 6.03 Å². The van der Waals surface area contributed by atoms with Crippen LogP contribution < -0.4 is 10.6 Å². The number of piperidine rings is 1. The molecule has 0 spiro atoms. The third kappa shape index (κ3) is 5.23. The molecule has 1 fully saturated rings. The molecule has 166 valence electrons. The average molecular weight is 474 g/mol. The molecule has 0 radical (unpaired) electrons. The molecule has 0 aliphatic carbocycles. The molecule has 10 heteroatoms. The standard InChI is InChI=1S/C22H21ClFN5O2S/c1-13-5-6-18(17(23)11-13)26-22(31)29-9-7-14(8-10-29)20-27-28-21(32-20)19(30)25-16-4-2-3-15(24)12-16/h2-6,11-12,14H,7-10H2,1H3,(H,25,30)(H,26,31). The number of likely N-dealkylation sites (tertiary alicyclic amines) is 1. The molecule has 0 atom stereocenters. The Morgan fingerprint density at radius 1 is 1.12 bits per heavy atom. The van der Waals surface area contributed by atoms with Crippen LogP contribution in [0.1, 0.15) is 39.1 Å². The summed E-state index contributed by atoms with van der Waals surface area (Å²) in [5.74, 6) is -0.734. The quantitative estimate of drug-likeness (QED) is 0.538. The Balaban J connectivity index is 1.32. The summed E-state index contributed by atoms with van der Waals surface area (Å²) in [5.41, 5.74) is 1.97. The second-order valence-corrected chi connectivity index (χ2v) is 9.00. The third-order valence-corrected chi connectivity index (χ3v) is 6.61. The monoisotopic (exact) mass is 473 g/mol. The van der Waals surface area contributed by atoms with Crippen molar-refractivity contribution in [2.45, 2.75) is 25.7 Å². The second-order valence-electron chi connectivity index (χ2n) is 7.58. The van der Waals surface area contributed by atoms with Crippen LogP contribution in [0.2, 0.25) is 5.02 Å². The highest BCUT2D eigenvalue weighted by Crippen LogP contribution is 2.31. The number of nitrogens with one attached hydrogen (secondary N) is 2. The van der Waals surface area contributed by atoms with Gasteiger partial charge in [0.25, 0.3) is 5.91 Å². The Kier molecular flexibility index (Phi) is 6.66. The van der Waals surface area contributed by atoms with Gasteiger partial charge in [-0.25, -0.2) is 9.18 Å². The number of aryl methyl sites for hydroxylation is 1. The summed E-state index contributed by atoms with van der Waals surface area (Å²) in [7, 11) is 0. The van der Waals surface area contributed by atoms with Crippen LogP contribution in [0, 0.1) is 12.7 Å². The van der Waals surface area contributed by atoms with Crippen molar-refractivity contribution in [1.29, 1.82) is 0 Å². The van der Waals surface area contributed by atoms with Crippen molar-refractivity contribution >= 4 is 46.3 Å². The van der Waals surface area contributed by atoms with E-state index in [1.807, 2.05) is 13.0 Å². The number of nitrogens with zero attached hydrogens (tertiary/aromatic N) is 3. The lowest BCUT2D eigenvalue weighted by molar-refractivity contribution is 0.102. The number of amides is 3. The van der Waals surface area contributed by atoms with Crippen molar-refractivity contribution in [2.75, 3.05) is 23.7 Å². The van der Waals surface area contributed by atoms with Gasteiger partial charge in [-0.2, -0.15) is 0 Å². The van der Waals surface area contributed by atoms with Crippen LogP contribution in [0.25, 0.3) is 0 Å². The molecule has 3 amide bonds. The van der Waals surface area contributed by atoms with Crippen LogP contribution in [-0.4, -0.2) is 40.1 Å². The number of urea groups is 1. The topological polar surface area (TPSA) is 87.2 Å². The highest BCUT2D eigenvalue weighted by molar-refractivity contribution is 7.13. The molecule has 0 saturated carbocycles. The zero-order valence-corrected chi connectivity index (χ0v) is 18.8. The molecular weight excluding hydrogens is 453 g/mol. The molecule has 2 heterocycles. The molecule has 3 aromatic rings. The largest absolute Gasteiger partial charge is 0.324 e. The number of hydrogen-bond acceptors (Lipinski definition) is 5. The van der Waals surface area contributed by atoms with Gasteiger partial charge in [-0.3, -0.25) is 4.79 Å². The van der Waals surface area contributed by atoms with E-state index >= 15 is 0 Å². The fourth-order valence-corrected chi connectivity index (χ4v) is 4.68. The maximum absolute atomic E-state index is 13.3. The highest BCUT2D eigenvalue weighted by Gasteiger charge is 2.27. The van der Waals surface area contributed by atoms with Crippen molar-refractivity contribution in [2.24, 2.45) is 0 Å². The Morgan fingerprint density at radius 3 is 2.62 bits per heavy atom. The molecule has 4 rings (SSSR count). The summed E-state index contributed by atoms with van der Waals surface area (Å²) in [5, 5.41) is 15.1. The maximum Gasteiger partial charge on any atom is 0.321 e. The van der Waals surface area contributed by atoms with E-state index in [0.717, 1.165) is 23.4 Å². The third-order valence-electron chi connectivity index (χ3n) is 5.21. The zero-order chi connectivity index (χ0) is 22.7. The first kappa shape index (κ1) is 22.2. The van der Waals surface area contributed by atoms with Crippen LogP contribution in [0.3, 0.4) is 0 Å². The molecule has 1 saturated heterocycles. The van der Waals surface area contributed by atoms with E-state index in [0.29, 0.717) is 29.5 Å². The molecule has 0 unspecified atom stereocenters. The number of benzene rings is 2. The molecular formula is C22H21ClFN5O2S. The van der Waals surface area contributed by atoms with Gasteiger partial charge in [0.15, 0.2) is 0 Å². The number of carbonyl (C=O) groups is 2. The van der Waals surface area contributed by atoms with Gasteiger partial charge in [-0.1, -0.05) is 35.1 Å². The van der Waals surface area contributed by atoms with Crippen molar-refractivity contribution in [1.82, 2.24) is 15.1 Å². The fourth-order valence-electron chi connectivity index (χ4n) is 3.49. The van der Waals surface area contributed by atoms with Crippen molar-refractivity contribution in [3.8, 4) is 0 Å². The van der Waals surface area contributed by atoms with E-state index in [9.17, 15) is 14.0 Å². The minimum Gasteiger partial charge on any atom is -0.324 e. The van der Waals surface area contributed by atoms with Crippen LogP contribution >= 0.6 is 22.9 Å². The lowest BCUT2D eigenvalue weighted by atomic mass is 9.98. The number of halogens is 2. The average Bonchev–Trinajstić information content (AvgIpc) is 3.26. The van der Waals surface area contributed by atoms with Crippen LogP contribution in [-0.2, 0) is 0 Å². The van der Waals surface area contributed by atoms with Crippen LogP contribution in [0.4, 0.5) is 20.6 Å². The van der Waals surface area contributed by atoms with Gasteiger partial charge in [-0.15, -0.1) is 10.2 Å². The Hall–Kier alpha value is -3.04. The minimum absolute atomic E-state index is 0.121. The minimum atomic E-state index is -0.429. The van der Waals surface area contributed by atoms with Crippen molar-refractivity contribution in [3.63, 3.8) is 0 Å². The molecule has 2 aromatic carbocycles. The number of rotatable bonds is 4. The number of hydrogen-bond donors (Lipinski definition) is 2. The second kappa shape index (κ2) is 9.62. The summed E-state index contributed by atoms with van der Waals surface area (Å²) < 4.78 is 13.3. The molecule has 1 aliphatic heterocycles. The lowest BCUT2D eigenvalue weighted by Gasteiger charge is -2.31. The summed E-state index contributed by atoms with van der Waals surface area (Å²) in [6, 6.07) is 11.0. The lowest BCUT2D eigenvalue weighted by Crippen LogP contribution is -2.40. The van der Waals surface area contributed by atoms with Gasteiger partial charge < -0.3 is 15.5 Å². The predicted molar refractivity (Wildman–Crippen MR) is 123 cm³/mol. The summed E-state index contributed by atoms with van der Waals surface area (Å²) in [4.78, 5) is 26.7. The first-order valence-electron chi connectivity index (χ1n) is 10.1. The highest BCUT2D eigenvalue weighted by atomic mass is 35.5. The smallest absolute Gasteiger partial charge is 0.321 e. The van der Waals surface area contributed by atoms with E-state index in [2.05, 4.69) is 20.8 Å². The van der Waals surface area contributed by atoms with E-state index < -0.39 is 11.7 Å². The molecule has 2 N–H and O–H groups in total. The Bertz CT molecular complexity index is 1150. The van der Waals surface area contributed by atoms with Crippen LogP contribution in [0.5, 0.6) is 0 Å². The molecule has 0 bridgehead atoms. The van der Waals surface area contributed by atoms with E-state index in [-0.39, 0.29) is 17.0 Å². The molecule has 1 aromatic heterocycles. The van der Waals surface area contributed by atoms with Crippen molar-refractivity contribution in [3.05, 3.63) is 68.9 Å². The summed E-state index contributed by atoms with van der Waals surface area (Å²) in [6.45, 7) is 3.06. The number of carbonyl (C=O) groups excluding carboxylic acids is 2. The fraction of sp³-hybridized carbons (Fsp3) is 0.273. The van der Waals surface area contributed by atoms with Gasteiger partial charge in [-0.05, 0) is 55.7 Å². The number of aromatic nitrogens is 2.